The fraction of sp³-hybridized carbons (Fsp3) is 0.231. The number of hydrogen-bond donors (Lipinski definition) is 1. The predicted molar refractivity (Wildman–Crippen MR) is 69.3 cm³/mol. The number of nitrogen functional groups attached to an aromatic ring is 1. The molecule has 0 amide bonds. The van der Waals surface area contributed by atoms with Crippen LogP contribution in [-0.4, -0.2) is 14.5 Å². The van der Waals surface area contributed by atoms with Crippen LogP contribution in [0, 0.1) is 0 Å². The molecule has 4 nitrogen and oxygen atoms in total. The zero-order valence-electron chi connectivity index (χ0n) is 10.1. The molecular weight excluding hydrogens is 212 g/mol. The maximum Gasteiger partial charge on any atom is 0.123 e. The van der Waals surface area contributed by atoms with Crippen molar-refractivity contribution < 1.29 is 0 Å². The first-order valence-electron chi connectivity index (χ1n) is 5.52. The highest BCUT2D eigenvalue weighted by atomic mass is 15.0. The van der Waals surface area contributed by atoms with Crippen molar-refractivity contribution in [2.45, 2.75) is 20.4 Å². The summed E-state index contributed by atoms with van der Waals surface area (Å²) in [7, 11) is 0. The highest BCUT2D eigenvalue weighted by molar-refractivity contribution is 5.59. The lowest BCUT2D eigenvalue weighted by molar-refractivity contribution is 0.821. The van der Waals surface area contributed by atoms with E-state index in [9.17, 15) is 0 Å². The Morgan fingerprint density at radius 3 is 2.82 bits per heavy atom. The van der Waals surface area contributed by atoms with Gasteiger partial charge in [0.15, 0.2) is 0 Å². The molecule has 88 valence electrons. The average Bonchev–Trinajstić information content (AvgIpc) is 2.75. The van der Waals surface area contributed by atoms with Gasteiger partial charge in [0.2, 0.25) is 0 Å². The molecule has 0 aliphatic heterocycles. The molecule has 2 aromatic heterocycles. The van der Waals surface area contributed by atoms with E-state index in [1.54, 1.807) is 12.3 Å². The van der Waals surface area contributed by atoms with Crippen LogP contribution < -0.4 is 5.73 Å². The van der Waals surface area contributed by atoms with Crippen LogP contribution in [0.3, 0.4) is 0 Å². The fourth-order valence-electron chi connectivity index (χ4n) is 1.54. The lowest BCUT2D eigenvalue weighted by Crippen LogP contribution is -1.97. The Kier molecular flexibility index (Phi) is 3.23. The minimum atomic E-state index is 0.532. The summed E-state index contributed by atoms with van der Waals surface area (Å²) in [6, 6.07) is 3.76. The second kappa shape index (κ2) is 4.82. The second-order valence-corrected chi connectivity index (χ2v) is 4.18. The normalized spacial score (nSPS) is 10.2. The molecule has 0 saturated carbocycles. The van der Waals surface area contributed by atoms with Crippen molar-refractivity contribution in [2.24, 2.45) is 0 Å². The number of anilines is 1. The Morgan fingerprint density at radius 1 is 1.35 bits per heavy atom. The highest BCUT2D eigenvalue weighted by Gasteiger charge is 2.04. The average molecular weight is 228 g/mol. The summed E-state index contributed by atoms with van der Waals surface area (Å²) >= 11 is 0. The van der Waals surface area contributed by atoms with E-state index in [0.717, 1.165) is 17.8 Å². The van der Waals surface area contributed by atoms with Gasteiger partial charge in [-0.2, -0.15) is 0 Å². The summed E-state index contributed by atoms with van der Waals surface area (Å²) in [6.45, 7) is 4.99. The van der Waals surface area contributed by atoms with E-state index >= 15 is 0 Å². The first-order valence-corrected chi connectivity index (χ1v) is 5.52. The molecule has 0 aliphatic rings. The zero-order valence-corrected chi connectivity index (χ0v) is 10.1. The van der Waals surface area contributed by atoms with E-state index in [-0.39, 0.29) is 0 Å². The van der Waals surface area contributed by atoms with Crippen LogP contribution in [0.5, 0.6) is 0 Å². The third-order valence-corrected chi connectivity index (χ3v) is 2.49. The summed E-state index contributed by atoms with van der Waals surface area (Å²) in [4.78, 5) is 8.27. The van der Waals surface area contributed by atoms with Crippen molar-refractivity contribution in [2.75, 3.05) is 5.73 Å². The molecule has 0 spiro atoms. The number of pyridine rings is 1. The second-order valence-electron chi connectivity index (χ2n) is 4.18. The number of aromatic nitrogens is 3. The molecule has 0 fully saturated rings. The third kappa shape index (κ3) is 2.72. The molecule has 0 atom stereocenters. The zero-order chi connectivity index (χ0) is 12.3. The van der Waals surface area contributed by atoms with Crippen LogP contribution in [0.1, 0.15) is 13.8 Å². The van der Waals surface area contributed by atoms with Crippen LogP contribution in [0.25, 0.3) is 11.3 Å². The van der Waals surface area contributed by atoms with Crippen molar-refractivity contribution in [3.8, 4) is 11.3 Å². The number of hydrogen-bond acceptors (Lipinski definition) is 3. The minimum Gasteiger partial charge on any atom is -0.384 e. The van der Waals surface area contributed by atoms with E-state index in [1.807, 2.05) is 18.6 Å². The maximum absolute atomic E-state index is 5.57. The van der Waals surface area contributed by atoms with Gasteiger partial charge in [0.25, 0.3) is 0 Å². The number of imidazole rings is 1. The summed E-state index contributed by atoms with van der Waals surface area (Å²) in [6.07, 6.45) is 7.60. The summed E-state index contributed by atoms with van der Waals surface area (Å²) < 4.78 is 2.08. The van der Waals surface area contributed by atoms with Crippen molar-refractivity contribution in [3.05, 3.63) is 42.5 Å². The monoisotopic (exact) mass is 228 g/mol. The maximum atomic E-state index is 5.57. The Morgan fingerprint density at radius 2 is 2.18 bits per heavy atom. The number of allylic oxidation sites excluding steroid dienone is 2. The highest BCUT2D eigenvalue weighted by Crippen LogP contribution is 2.18. The lowest BCUT2D eigenvalue weighted by Gasteiger charge is -2.05. The lowest BCUT2D eigenvalue weighted by atomic mass is 10.2. The molecular formula is C13H16N4. The van der Waals surface area contributed by atoms with E-state index in [4.69, 9.17) is 5.73 Å². The number of rotatable bonds is 3. The van der Waals surface area contributed by atoms with Gasteiger partial charge in [-0.15, -0.1) is 0 Å². The fourth-order valence-corrected chi connectivity index (χ4v) is 1.54. The van der Waals surface area contributed by atoms with Gasteiger partial charge in [-0.25, -0.2) is 9.97 Å². The Labute approximate surface area is 101 Å². The quantitative estimate of drug-likeness (QED) is 0.821. The molecule has 2 aromatic rings. The van der Waals surface area contributed by atoms with Crippen LogP contribution in [0.4, 0.5) is 5.82 Å². The summed E-state index contributed by atoms with van der Waals surface area (Å²) in [5, 5.41) is 0. The van der Waals surface area contributed by atoms with Gasteiger partial charge in [-0.05, 0) is 26.0 Å². The molecule has 0 saturated heterocycles. The van der Waals surface area contributed by atoms with Gasteiger partial charge >= 0.3 is 0 Å². The Hall–Kier alpha value is -2.10. The van der Waals surface area contributed by atoms with E-state index in [0.29, 0.717) is 5.82 Å². The predicted octanol–water partition coefficient (Wildman–Crippen LogP) is 2.49. The molecule has 2 N–H and O–H groups in total. The molecule has 17 heavy (non-hydrogen) atoms. The molecule has 0 radical (unpaired) electrons. The van der Waals surface area contributed by atoms with Crippen molar-refractivity contribution in [1.29, 1.82) is 0 Å². The van der Waals surface area contributed by atoms with E-state index in [2.05, 4.69) is 34.5 Å². The molecule has 0 unspecified atom stereocenters. The summed E-state index contributed by atoms with van der Waals surface area (Å²) in [5.74, 6) is 0.532. The van der Waals surface area contributed by atoms with Crippen LogP contribution in [0.2, 0.25) is 0 Å². The van der Waals surface area contributed by atoms with E-state index in [1.165, 1.54) is 5.57 Å². The minimum absolute atomic E-state index is 0.532. The smallest absolute Gasteiger partial charge is 0.123 e. The molecule has 0 bridgehead atoms. The molecule has 2 heterocycles. The van der Waals surface area contributed by atoms with Gasteiger partial charge < -0.3 is 10.3 Å². The first-order chi connectivity index (χ1) is 8.16. The molecule has 2 rings (SSSR count). The Balaban J connectivity index is 2.30. The van der Waals surface area contributed by atoms with Gasteiger partial charge in [0, 0.05) is 18.3 Å². The Bertz CT molecular complexity index is 519. The van der Waals surface area contributed by atoms with Gasteiger partial charge in [0.05, 0.1) is 18.2 Å². The van der Waals surface area contributed by atoms with E-state index < -0.39 is 0 Å². The van der Waals surface area contributed by atoms with Crippen molar-refractivity contribution in [1.82, 2.24) is 14.5 Å². The molecule has 0 aliphatic carbocycles. The largest absolute Gasteiger partial charge is 0.384 e. The van der Waals surface area contributed by atoms with Gasteiger partial charge in [-0.3, -0.25) is 0 Å². The van der Waals surface area contributed by atoms with Crippen molar-refractivity contribution >= 4 is 5.82 Å². The number of nitrogens with two attached hydrogens (primary N) is 1. The standard InChI is InChI=1S/C13H16N4/c1-10(2)5-6-17-9-15-8-12(17)11-3-4-13(14)16-7-11/h3-5,7-9H,6H2,1-2H3,(H2,14,16). The van der Waals surface area contributed by atoms with Crippen LogP contribution in [-0.2, 0) is 6.54 Å². The third-order valence-electron chi connectivity index (χ3n) is 2.49. The topological polar surface area (TPSA) is 56.7 Å². The van der Waals surface area contributed by atoms with Gasteiger partial charge in [-0.1, -0.05) is 11.6 Å². The first kappa shape index (κ1) is 11.4. The van der Waals surface area contributed by atoms with Crippen molar-refractivity contribution in [3.63, 3.8) is 0 Å². The van der Waals surface area contributed by atoms with Crippen LogP contribution >= 0.6 is 0 Å². The molecule has 0 aromatic carbocycles. The number of nitrogens with zero attached hydrogens (tertiary/aromatic N) is 3. The van der Waals surface area contributed by atoms with Gasteiger partial charge in [0.1, 0.15) is 5.82 Å². The SMILES string of the molecule is CC(C)=CCn1cncc1-c1ccc(N)nc1. The van der Waals surface area contributed by atoms with Crippen LogP contribution in [0.15, 0.2) is 42.5 Å². The summed E-state index contributed by atoms with van der Waals surface area (Å²) in [5.41, 5.74) is 8.94. The molecule has 4 heteroatoms.